The second-order valence-corrected chi connectivity index (χ2v) is 4.11. The highest BCUT2D eigenvalue weighted by atomic mass is 127. The Hall–Kier alpha value is -1.17. The summed E-state index contributed by atoms with van der Waals surface area (Å²) in [5.41, 5.74) is 1.32. The second-order valence-electron chi connectivity index (χ2n) is 2.94. The quantitative estimate of drug-likeness (QED) is 0.529. The first kappa shape index (κ1) is 11.9. The molecule has 0 saturated heterocycles. The van der Waals surface area contributed by atoms with Crippen molar-refractivity contribution in [3.8, 4) is 0 Å². The van der Waals surface area contributed by atoms with E-state index in [1.54, 1.807) is 18.2 Å². The van der Waals surface area contributed by atoms with E-state index in [0.29, 0.717) is 11.3 Å². The number of anilines is 1. The van der Waals surface area contributed by atoms with E-state index in [1.807, 2.05) is 0 Å². The number of rotatable bonds is 3. The molecule has 0 fully saturated rings. The van der Waals surface area contributed by atoms with Crippen molar-refractivity contribution >= 4 is 40.0 Å². The smallest absolute Gasteiger partial charge is 0.247 e. The summed E-state index contributed by atoms with van der Waals surface area (Å²) in [5.74, 6) is -0.252. The fourth-order valence-corrected chi connectivity index (χ4v) is 1.67. The van der Waals surface area contributed by atoms with Crippen LogP contribution in [-0.4, -0.2) is 11.7 Å². The number of ketones is 1. The molecule has 0 unspecified atom stereocenters. The van der Waals surface area contributed by atoms with E-state index < -0.39 is 0 Å². The third kappa shape index (κ3) is 3.16. The number of amides is 1. The van der Waals surface area contributed by atoms with Gasteiger partial charge < -0.3 is 5.32 Å². The lowest BCUT2D eigenvalue weighted by Gasteiger charge is -2.06. The van der Waals surface area contributed by atoms with Crippen LogP contribution in [0.3, 0.4) is 0 Å². The molecule has 0 aliphatic rings. The van der Waals surface area contributed by atoms with Gasteiger partial charge in [-0.3, -0.25) is 9.59 Å². The van der Waals surface area contributed by atoms with E-state index in [1.165, 1.54) is 13.0 Å². The Morgan fingerprint density at radius 1 is 1.47 bits per heavy atom. The van der Waals surface area contributed by atoms with Crippen LogP contribution in [0.15, 0.2) is 30.9 Å². The minimum atomic E-state index is -0.261. The van der Waals surface area contributed by atoms with Crippen LogP contribution in [0.2, 0.25) is 0 Å². The largest absolute Gasteiger partial charge is 0.322 e. The van der Waals surface area contributed by atoms with Gasteiger partial charge in [0.25, 0.3) is 0 Å². The van der Waals surface area contributed by atoms with Gasteiger partial charge in [0.05, 0.1) is 5.69 Å². The van der Waals surface area contributed by atoms with Crippen molar-refractivity contribution in [3.63, 3.8) is 0 Å². The number of halogens is 1. The maximum absolute atomic E-state index is 11.1. The topological polar surface area (TPSA) is 46.2 Å². The van der Waals surface area contributed by atoms with Crippen molar-refractivity contribution < 1.29 is 9.59 Å². The zero-order chi connectivity index (χ0) is 11.4. The molecule has 0 atom stereocenters. The first-order valence-corrected chi connectivity index (χ1v) is 5.36. The maximum atomic E-state index is 11.1. The lowest BCUT2D eigenvalue weighted by molar-refractivity contribution is -0.111. The zero-order valence-electron chi connectivity index (χ0n) is 8.21. The van der Waals surface area contributed by atoms with Gasteiger partial charge >= 0.3 is 0 Å². The van der Waals surface area contributed by atoms with Gasteiger partial charge in [-0.15, -0.1) is 0 Å². The predicted octanol–water partition coefficient (Wildman–Crippen LogP) is 2.62. The zero-order valence-corrected chi connectivity index (χ0v) is 10.4. The summed E-state index contributed by atoms with van der Waals surface area (Å²) in [6.45, 7) is 4.87. The van der Waals surface area contributed by atoms with E-state index in [9.17, 15) is 9.59 Å². The number of carbonyl (C=O) groups is 2. The molecule has 0 saturated carbocycles. The molecule has 15 heavy (non-hydrogen) atoms. The Balaban J connectivity index is 2.98. The monoisotopic (exact) mass is 315 g/mol. The molecule has 0 radical (unpaired) electrons. The Bertz CT molecular complexity index is 427. The summed E-state index contributed by atoms with van der Waals surface area (Å²) in [5, 5.41) is 2.65. The van der Waals surface area contributed by atoms with E-state index >= 15 is 0 Å². The number of hydrogen-bond donors (Lipinski definition) is 1. The molecule has 4 heteroatoms. The lowest BCUT2D eigenvalue weighted by atomic mass is 10.1. The molecule has 3 nitrogen and oxygen atoms in total. The molecule has 1 amide bonds. The molecule has 0 heterocycles. The summed E-state index contributed by atoms with van der Waals surface area (Å²) in [6, 6.07) is 5.13. The van der Waals surface area contributed by atoms with Gasteiger partial charge in [-0.2, -0.15) is 0 Å². The summed E-state index contributed by atoms with van der Waals surface area (Å²) in [6.07, 6.45) is 1.20. The van der Waals surface area contributed by atoms with Gasteiger partial charge in [-0.05, 0) is 53.8 Å². The molecule has 1 aromatic rings. The van der Waals surface area contributed by atoms with Crippen LogP contribution in [0.25, 0.3) is 0 Å². The summed E-state index contributed by atoms with van der Waals surface area (Å²) in [7, 11) is 0. The molecule has 1 aromatic carbocycles. The maximum Gasteiger partial charge on any atom is 0.247 e. The molecule has 0 spiro atoms. The number of hydrogen-bond acceptors (Lipinski definition) is 2. The number of carbonyl (C=O) groups excluding carboxylic acids is 2. The van der Waals surface area contributed by atoms with E-state index in [-0.39, 0.29) is 11.7 Å². The molecule has 0 bridgehead atoms. The number of nitrogens with one attached hydrogen (secondary N) is 1. The van der Waals surface area contributed by atoms with Crippen molar-refractivity contribution in [1.82, 2.24) is 0 Å². The SMILES string of the molecule is C=CC(=O)Nc1ccc(C(C)=O)cc1I. The fraction of sp³-hybridized carbons (Fsp3) is 0.0909. The third-order valence-electron chi connectivity index (χ3n) is 1.82. The van der Waals surface area contributed by atoms with Crippen molar-refractivity contribution in [2.75, 3.05) is 5.32 Å². The number of Topliss-reactive ketones (excluding diaryl/α,β-unsaturated/α-hetero) is 1. The molecule has 0 aliphatic carbocycles. The number of benzene rings is 1. The molecular weight excluding hydrogens is 305 g/mol. The standard InChI is InChI=1S/C11H10INO2/c1-3-11(15)13-10-5-4-8(7(2)14)6-9(10)12/h3-6H,1H2,2H3,(H,13,15). The van der Waals surface area contributed by atoms with Crippen LogP contribution in [0, 0.1) is 3.57 Å². The van der Waals surface area contributed by atoms with Crippen LogP contribution < -0.4 is 5.32 Å². The highest BCUT2D eigenvalue weighted by Crippen LogP contribution is 2.19. The van der Waals surface area contributed by atoms with Gasteiger partial charge in [0.1, 0.15) is 0 Å². The molecule has 0 aliphatic heterocycles. The van der Waals surface area contributed by atoms with Gasteiger partial charge in [0, 0.05) is 9.13 Å². The summed E-state index contributed by atoms with van der Waals surface area (Å²) < 4.78 is 0.829. The van der Waals surface area contributed by atoms with Gasteiger partial charge in [-0.25, -0.2) is 0 Å². The third-order valence-corrected chi connectivity index (χ3v) is 2.71. The highest BCUT2D eigenvalue weighted by Gasteiger charge is 2.05. The van der Waals surface area contributed by atoms with Crippen LogP contribution in [0.1, 0.15) is 17.3 Å². The molecule has 1 rings (SSSR count). The van der Waals surface area contributed by atoms with Gasteiger partial charge in [-0.1, -0.05) is 6.58 Å². The highest BCUT2D eigenvalue weighted by molar-refractivity contribution is 14.1. The Labute approximate surface area is 102 Å². The van der Waals surface area contributed by atoms with E-state index in [4.69, 9.17) is 0 Å². The molecule has 78 valence electrons. The van der Waals surface area contributed by atoms with Crippen LogP contribution in [-0.2, 0) is 4.79 Å². The lowest BCUT2D eigenvalue weighted by Crippen LogP contribution is -2.09. The van der Waals surface area contributed by atoms with E-state index in [0.717, 1.165) is 3.57 Å². The van der Waals surface area contributed by atoms with Crippen LogP contribution in [0.5, 0.6) is 0 Å². The second kappa shape index (κ2) is 5.06. The summed E-state index contributed by atoms with van der Waals surface area (Å²) in [4.78, 5) is 22.1. The van der Waals surface area contributed by atoms with Crippen LogP contribution in [0.4, 0.5) is 5.69 Å². The van der Waals surface area contributed by atoms with Crippen LogP contribution >= 0.6 is 22.6 Å². The predicted molar refractivity (Wildman–Crippen MR) is 68.0 cm³/mol. The van der Waals surface area contributed by atoms with Gasteiger partial charge in [0.2, 0.25) is 5.91 Å². The normalized spacial score (nSPS) is 9.47. The Morgan fingerprint density at radius 3 is 2.60 bits per heavy atom. The summed E-state index contributed by atoms with van der Waals surface area (Å²) >= 11 is 2.07. The molecule has 1 N–H and O–H groups in total. The van der Waals surface area contributed by atoms with E-state index in [2.05, 4.69) is 34.5 Å². The minimum absolute atomic E-state index is 0.00881. The first-order valence-electron chi connectivity index (χ1n) is 4.28. The average Bonchev–Trinajstić information content (AvgIpc) is 2.20. The average molecular weight is 315 g/mol. The van der Waals surface area contributed by atoms with Crippen molar-refractivity contribution in [1.29, 1.82) is 0 Å². The first-order chi connectivity index (χ1) is 7.04. The Kier molecular flexibility index (Phi) is 4.02. The Morgan fingerprint density at radius 2 is 2.13 bits per heavy atom. The van der Waals surface area contributed by atoms with Crippen molar-refractivity contribution in [2.24, 2.45) is 0 Å². The molecule has 0 aromatic heterocycles. The van der Waals surface area contributed by atoms with Gasteiger partial charge in [0.15, 0.2) is 5.78 Å². The van der Waals surface area contributed by atoms with Crippen molar-refractivity contribution in [2.45, 2.75) is 6.92 Å². The fourth-order valence-electron chi connectivity index (χ4n) is 1.02. The van der Waals surface area contributed by atoms with Crippen molar-refractivity contribution in [3.05, 3.63) is 40.0 Å². The molecular formula is C11H10INO2. The minimum Gasteiger partial charge on any atom is -0.322 e.